The summed E-state index contributed by atoms with van der Waals surface area (Å²) in [5, 5.41) is 3.34. The normalized spacial score (nSPS) is 22.9. The Morgan fingerprint density at radius 3 is 2.63 bits per heavy atom. The highest BCUT2D eigenvalue weighted by molar-refractivity contribution is 7.98. The van der Waals surface area contributed by atoms with Crippen LogP contribution in [0.5, 0.6) is 5.75 Å². The molecule has 1 amide bonds. The van der Waals surface area contributed by atoms with Crippen LogP contribution in [0.3, 0.4) is 0 Å². The van der Waals surface area contributed by atoms with E-state index in [0.29, 0.717) is 0 Å². The van der Waals surface area contributed by atoms with Crippen molar-refractivity contribution in [1.29, 1.82) is 0 Å². The second-order valence-electron chi connectivity index (χ2n) is 4.59. The van der Waals surface area contributed by atoms with Gasteiger partial charge in [0.15, 0.2) is 0 Å². The van der Waals surface area contributed by atoms with E-state index in [0.717, 1.165) is 23.6 Å². The summed E-state index contributed by atoms with van der Waals surface area (Å²) >= 11 is 1.75. The van der Waals surface area contributed by atoms with Gasteiger partial charge >= 0.3 is 0 Å². The predicted octanol–water partition coefficient (Wildman–Crippen LogP) is 1.88. The third-order valence-corrected chi connectivity index (χ3v) is 3.93. The molecule has 1 aromatic carbocycles. The lowest BCUT2D eigenvalue weighted by Crippen LogP contribution is -2.32. The van der Waals surface area contributed by atoms with Crippen LogP contribution in [0.15, 0.2) is 24.3 Å². The van der Waals surface area contributed by atoms with Gasteiger partial charge in [-0.05, 0) is 30.9 Å². The van der Waals surface area contributed by atoms with Crippen LogP contribution in [-0.4, -0.2) is 42.5 Å². The molecular weight excluding hydrogens is 260 g/mol. The number of hydrogen-bond donors (Lipinski definition) is 1. The smallest absolute Gasteiger partial charge is 0.241 e. The fourth-order valence-electron chi connectivity index (χ4n) is 2.27. The van der Waals surface area contributed by atoms with E-state index in [-0.39, 0.29) is 18.1 Å². The molecule has 4 nitrogen and oxygen atoms in total. The number of amides is 1. The van der Waals surface area contributed by atoms with Crippen LogP contribution in [0, 0.1) is 0 Å². The number of hydrogen-bond acceptors (Lipinski definition) is 4. The Labute approximate surface area is 118 Å². The molecule has 0 radical (unpaired) electrons. The van der Waals surface area contributed by atoms with E-state index in [4.69, 9.17) is 4.74 Å². The number of nitrogens with zero attached hydrogens (tertiary/aromatic N) is 1. The molecule has 2 atom stereocenters. The number of rotatable bonds is 5. The van der Waals surface area contributed by atoms with Gasteiger partial charge in [0, 0.05) is 12.3 Å². The van der Waals surface area contributed by atoms with Crippen LogP contribution in [-0.2, 0) is 4.79 Å². The first kappa shape index (κ1) is 14.2. The maximum absolute atomic E-state index is 12.1. The lowest BCUT2D eigenvalue weighted by molar-refractivity contribution is -0.129. The topological polar surface area (TPSA) is 41.6 Å². The lowest BCUT2D eigenvalue weighted by Gasteiger charge is -2.24. The zero-order chi connectivity index (χ0) is 13.8. The first-order valence-corrected chi connectivity index (χ1v) is 7.76. The first-order valence-electron chi connectivity index (χ1n) is 6.36. The summed E-state index contributed by atoms with van der Waals surface area (Å²) in [6.07, 6.45) is 2.03. The molecule has 2 unspecified atom stereocenters. The highest BCUT2D eigenvalue weighted by Gasteiger charge is 2.36. The minimum Gasteiger partial charge on any atom is -0.497 e. The number of carbonyl (C=O) groups excluding carboxylic acids is 1. The third kappa shape index (κ3) is 3.04. The van der Waals surface area contributed by atoms with Gasteiger partial charge in [0.05, 0.1) is 13.2 Å². The average molecular weight is 280 g/mol. The molecule has 1 N–H and O–H groups in total. The molecule has 1 fully saturated rings. The first-order chi connectivity index (χ1) is 9.17. The summed E-state index contributed by atoms with van der Waals surface area (Å²) in [6, 6.07) is 7.75. The maximum Gasteiger partial charge on any atom is 0.241 e. The van der Waals surface area contributed by atoms with E-state index in [1.165, 1.54) is 0 Å². The van der Waals surface area contributed by atoms with Crippen molar-refractivity contribution in [3.8, 4) is 5.75 Å². The maximum atomic E-state index is 12.1. The number of nitrogens with one attached hydrogen (secondary N) is 1. The van der Waals surface area contributed by atoms with Crippen molar-refractivity contribution in [1.82, 2.24) is 10.2 Å². The quantitative estimate of drug-likeness (QED) is 0.894. The number of carbonyl (C=O) groups is 1. The third-order valence-electron chi connectivity index (χ3n) is 3.34. The summed E-state index contributed by atoms with van der Waals surface area (Å²) in [5.41, 5.74) is 1.10. The number of thioether (sulfide) groups is 1. The van der Waals surface area contributed by atoms with Gasteiger partial charge in [-0.1, -0.05) is 12.1 Å². The summed E-state index contributed by atoms with van der Waals surface area (Å²) in [7, 11) is 1.65. The Kier molecular flexibility index (Phi) is 4.71. The molecule has 1 aliphatic heterocycles. The summed E-state index contributed by atoms with van der Waals surface area (Å²) in [4.78, 5) is 14.1. The zero-order valence-electron chi connectivity index (χ0n) is 11.6. The molecule has 1 saturated heterocycles. The molecule has 0 bridgehead atoms. The Balaban J connectivity index is 2.17. The molecule has 0 aromatic heterocycles. The Morgan fingerprint density at radius 2 is 2.05 bits per heavy atom. The van der Waals surface area contributed by atoms with Crippen LogP contribution in [0.25, 0.3) is 0 Å². The van der Waals surface area contributed by atoms with Gasteiger partial charge in [0.25, 0.3) is 0 Å². The van der Waals surface area contributed by atoms with Gasteiger partial charge in [0.1, 0.15) is 11.9 Å². The van der Waals surface area contributed by atoms with Crippen molar-refractivity contribution < 1.29 is 9.53 Å². The van der Waals surface area contributed by atoms with Gasteiger partial charge in [-0.15, -0.1) is 0 Å². The Hall–Kier alpha value is -1.20. The van der Waals surface area contributed by atoms with Gasteiger partial charge < -0.3 is 9.64 Å². The van der Waals surface area contributed by atoms with Crippen LogP contribution in [0.1, 0.15) is 18.7 Å². The highest BCUT2D eigenvalue weighted by Crippen LogP contribution is 2.26. The van der Waals surface area contributed by atoms with Crippen molar-refractivity contribution in [3.05, 3.63) is 29.8 Å². The minimum absolute atomic E-state index is 0.0273. The summed E-state index contributed by atoms with van der Waals surface area (Å²) < 4.78 is 5.16. The molecule has 0 spiro atoms. The summed E-state index contributed by atoms with van der Waals surface area (Å²) in [5.74, 6) is 1.96. The average Bonchev–Trinajstić information content (AvgIpc) is 2.73. The molecule has 2 rings (SSSR count). The van der Waals surface area contributed by atoms with Crippen LogP contribution >= 0.6 is 11.8 Å². The second kappa shape index (κ2) is 6.30. The van der Waals surface area contributed by atoms with Gasteiger partial charge in [-0.25, -0.2) is 0 Å². The molecule has 19 heavy (non-hydrogen) atoms. The van der Waals surface area contributed by atoms with Gasteiger partial charge in [-0.2, -0.15) is 11.8 Å². The van der Waals surface area contributed by atoms with Crippen molar-refractivity contribution in [2.45, 2.75) is 19.1 Å². The van der Waals surface area contributed by atoms with Crippen molar-refractivity contribution in [2.24, 2.45) is 0 Å². The molecule has 104 valence electrons. The molecule has 0 aliphatic carbocycles. The second-order valence-corrected chi connectivity index (χ2v) is 5.57. The lowest BCUT2D eigenvalue weighted by atomic mass is 10.1. The van der Waals surface area contributed by atoms with E-state index in [1.54, 1.807) is 18.9 Å². The molecule has 1 aliphatic rings. The predicted molar refractivity (Wildman–Crippen MR) is 78.4 cm³/mol. The number of methoxy groups -OCH3 is 1. The van der Waals surface area contributed by atoms with Crippen LogP contribution in [0.2, 0.25) is 0 Å². The van der Waals surface area contributed by atoms with Crippen molar-refractivity contribution >= 4 is 17.7 Å². The van der Waals surface area contributed by atoms with Crippen molar-refractivity contribution in [3.63, 3.8) is 0 Å². The SMILES string of the molecule is COc1ccc(C2NC(C)C(=O)N2CCSC)cc1. The van der Waals surface area contributed by atoms with E-state index in [2.05, 4.69) is 11.6 Å². The van der Waals surface area contributed by atoms with Crippen molar-refractivity contribution in [2.75, 3.05) is 25.7 Å². The molecule has 0 saturated carbocycles. The fourth-order valence-corrected chi connectivity index (χ4v) is 2.64. The van der Waals surface area contributed by atoms with E-state index >= 15 is 0 Å². The zero-order valence-corrected chi connectivity index (χ0v) is 12.4. The largest absolute Gasteiger partial charge is 0.497 e. The fraction of sp³-hybridized carbons (Fsp3) is 0.500. The standard InChI is InChI=1S/C14H20N2O2S/c1-10-14(17)16(8-9-19-3)13(15-10)11-4-6-12(18-2)7-5-11/h4-7,10,13,15H,8-9H2,1-3H3. The van der Waals surface area contributed by atoms with E-state index < -0.39 is 0 Å². The van der Waals surface area contributed by atoms with E-state index in [9.17, 15) is 4.79 Å². The Morgan fingerprint density at radius 1 is 1.37 bits per heavy atom. The summed E-state index contributed by atoms with van der Waals surface area (Å²) in [6.45, 7) is 2.69. The number of benzene rings is 1. The van der Waals surface area contributed by atoms with Crippen LogP contribution < -0.4 is 10.1 Å². The van der Waals surface area contributed by atoms with Gasteiger partial charge in [0.2, 0.25) is 5.91 Å². The molecular formula is C14H20N2O2S. The van der Waals surface area contributed by atoms with E-state index in [1.807, 2.05) is 36.1 Å². The van der Waals surface area contributed by atoms with Crippen LogP contribution in [0.4, 0.5) is 0 Å². The molecule has 1 aromatic rings. The number of ether oxygens (including phenoxy) is 1. The minimum atomic E-state index is -0.117. The molecule has 5 heteroatoms. The highest BCUT2D eigenvalue weighted by atomic mass is 32.2. The Bertz CT molecular complexity index is 436. The monoisotopic (exact) mass is 280 g/mol. The van der Waals surface area contributed by atoms with Gasteiger partial charge in [-0.3, -0.25) is 10.1 Å². The molecule has 1 heterocycles.